The van der Waals surface area contributed by atoms with Crippen LogP contribution in [0.5, 0.6) is 17.2 Å². The second-order valence-corrected chi connectivity index (χ2v) is 5.91. The second kappa shape index (κ2) is 6.32. The van der Waals surface area contributed by atoms with E-state index in [1.165, 1.54) is 6.07 Å². The van der Waals surface area contributed by atoms with Crippen molar-refractivity contribution in [3.05, 3.63) is 41.9 Å². The first-order valence-corrected chi connectivity index (χ1v) is 7.91. The van der Waals surface area contributed by atoms with Crippen LogP contribution in [0.3, 0.4) is 0 Å². The van der Waals surface area contributed by atoms with Gasteiger partial charge in [-0.25, -0.2) is 9.50 Å². The van der Waals surface area contributed by atoms with Gasteiger partial charge in [0, 0.05) is 37.6 Å². The lowest BCUT2D eigenvalue weighted by molar-refractivity contribution is -0.0505. The highest BCUT2D eigenvalue weighted by molar-refractivity contribution is 5.69. The molecule has 0 saturated carbocycles. The molecule has 0 amide bonds. The molecule has 0 spiro atoms. The maximum absolute atomic E-state index is 12.8. The van der Waals surface area contributed by atoms with Gasteiger partial charge in [0.05, 0.1) is 5.69 Å². The Morgan fingerprint density at radius 1 is 1.27 bits per heavy atom. The highest BCUT2D eigenvalue weighted by Crippen LogP contribution is 2.39. The van der Waals surface area contributed by atoms with E-state index in [-0.39, 0.29) is 19.1 Å². The van der Waals surface area contributed by atoms with E-state index >= 15 is 0 Å². The number of halogens is 2. The lowest BCUT2D eigenvalue weighted by Gasteiger charge is -2.21. The maximum Gasteiger partial charge on any atom is 0.387 e. The smallest absolute Gasteiger partial charge is 0.387 e. The van der Waals surface area contributed by atoms with E-state index in [0.717, 1.165) is 11.2 Å². The van der Waals surface area contributed by atoms with E-state index in [2.05, 4.69) is 14.8 Å². The minimum Gasteiger partial charge on any atom is -0.454 e. The highest BCUT2D eigenvalue weighted by Gasteiger charge is 2.21. The van der Waals surface area contributed by atoms with E-state index in [0.29, 0.717) is 22.9 Å². The number of anilines is 1. The molecule has 0 radical (unpaired) electrons. The van der Waals surface area contributed by atoms with Gasteiger partial charge in [0.2, 0.25) is 6.79 Å². The molecule has 2 aromatic heterocycles. The van der Waals surface area contributed by atoms with Crippen LogP contribution in [0.25, 0.3) is 5.52 Å². The van der Waals surface area contributed by atoms with Gasteiger partial charge in [-0.3, -0.25) is 0 Å². The SMILES string of the molecule is Cc1cc2c(N(C)Cc3cc4c(cc3OC(F)F)OCO4)nccn2n1. The molecule has 0 fully saturated rings. The largest absolute Gasteiger partial charge is 0.454 e. The number of alkyl halides is 2. The Labute approximate surface area is 147 Å². The van der Waals surface area contributed by atoms with Gasteiger partial charge < -0.3 is 19.1 Å². The molecule has 0 N–H and O–H groups in total. The third-order valence-electron chi connectivity index (χ3n) is 4.03. The van der Waals surface area contributed by atoms with Gasteiger partial charge in [0.15, 0.2) is 17.3 Å². The lowest BCUT2D eigenvalue weighted by Crippen LogP contribution is -2.19. The van der Waals surface area contributed by atoms with Crippen LogP contribution in [0.1, 0.15) is 11.3 Å². The first kappa shape index (κ1) is 16.4. The quantitative estimate of drug-likeness (QED) is 0.695. The van der Waals surface area contributed by atoms with Gasteiger partial charge in [-0.1, -0.05) is 0 Å². The monoisotopic (exact) mass is 362 g/mol. The van der Waals surface area contributed by atoms with Crippen LogP contribution in [0, 0.1) is 6.92 Å². The average Bonchev–Trinajstić information content (AvgIpc) is 3.18. The molecule has 3 aromatic rings. The molecule has 7 nitrogen and oxygen atoms in total. The van der Waals surface area contributed by atoms with Crippen molar-refractivity contribution in [2.24, 2.45) is 0 Å². The second-order valence-electron chi connectivity index (χ2n) is 5.91. The van der Waals surface area contributed by atoms with Crippen LogP contribution in [0.4, 0.5) is 14.6 Å². The number of rotatable bonds is 5. The molecule has 1 aliphatic rings. The molecule has 136 valence electrons. The number of aryl methyl sites for hydroxylation is 1. The van der Waals surface area contributed by atoms with E-state index in [1.54, 1.807) is 23.0 Å². The van der Waals surface area contributed by atoms with Crippen LogP contribution < -0.4 is 19.1 Å². The summed E-state index contributed by atoms with van der Waals surface area (Å²) >= 11 is 0. The van der Waals surface area contributed by atoms with Crippen molar-refractivity contribution in [3.63, 3.8) is 0 Å². The lowest BCUT2D eigenvalue weighted by atomic mass is 10.1. The number of nitrogens with zero attached hydrogens (tertiary/aromatic N) is 4. The van der Waals surface area contributed by atoms with Gasteiger partial charge in [0.1, 0.15) is 11.3 Å². The normalized spacial score (nSPS) is 12.8. The molecular weight excluding hydrogens is 346 g/mol. The number of hydrogen-bond donors (Lipinski definition) is 0. The van der Waals surface area contributed by atoms with Gasteiger partial charge >= 0.3 is 6.61 Å². The van der Waals surface area contributed by atoms with Gasteiger partial charge in [-0.05, 0) is 19.1 Å². The van der Waals surface area contributed by atoms with E-state index in [9.17, 15) is 8.78 Å². The fourth-order valence-electron chi connectivity index (χ4n) is 2.95. The molecular formula is C17H16F2N4O3. The van der Waals surface area contributed by atoms with E-state index in [1.807, 2.05) is 24.9 Å². The molecule has 0 atom stereocenters. The minimum atomic E-state index is -2.93. The Balaban J connectivity index is 1.69. The summed E-state index contributed by atoms with van der Waals surface area (Å²) in [5.41, 5.74) is 2.22. The molecule has 3 heterocycles. The van der Waals surface area contributed by atoms with Crippen LogP contribution in [-0.4, -0.2) is 35.1 Å². The van der Waals surface area contributed by atoms with Crippen molar-refractivity contribution in [1.29, 1.82) is 0 Å². The van der Waals surface area contributed by atoms with Crippen molar-refractivity contribution >= 4 is 11.3 Å². The zero-order chi connectivity index (χ0) is 18.3. The Hall–Kier alpha value is -3.10. The maximum atomic E-state index is 12.8. The Morgan fingerprint density at radius 3 is 2.81 bits per heavy atom. The summed E-state index contributed by atoms with van der Waals surface area (Å²) in [6.45, 7) is -0.698. The number of hydrogen-bond acceptors (Lipinski definition) is 6. The molecule has 1 aromatic carbocycles. The predicted molar refractivity (Wildman–Crippen MR) is 89.0 cm³/mol. The number of aromatic nitrogens is 3. The number of ether oxygens (including phenoxy) is 3. The minimum absolute atomic E-state index is 0.0488. The highest BCUT2D eigenvalue weighted by atomic mass is 19.3. The van der Waals surface area contributed by atoms with Crippen molar-refractivity contribution in [2.75, 3.05) is 18.7 Å². The van der Waals surface area contributed by atoms with Gasteiger partial charge in [-0.2, -0.15) is 13.9 Å². The molecule has 0 bridgehead atoms. The molecule has 0 unspecified atom stereocenters. The first-order chi connectivity index (χ1) is 12.5. The Kier molecular flexibility index (Phi) is 3.98. The van der Waals surface area contributed by atoms with Crippen molar-refractivity contribution < 1.29 is 23.0 Å². The van der Waals surface area contributed by atoms with Gasteiger partial charge in [0.25, 0.3) is 0 Å². The van der Waals surface area contributed by atoms with Gasteiger partial charge in [-0.15, -0.1) is 0 Å². The third-order valence-corrected chi connectivity index (χ3v) is 4.03. The fraction of sp³-hybridized carbons (Fsp3) is 0.294. The first-order valence-electron chi connectivity index (χ1n) is 7.91. The summed E-state index contributed by atoms with van der Waals surface area (Å²) in [7, 11) is 1.82. The van der Waals surface area contributed by atoms with Crippen LogP contribution in [-0.2, 0) is 6.54 Å². The molecule has 9 heteroatoms. The van der Waals surface area contributed by atoms with E-state index in [4.69, 9.17) is 9.47 Å². The Morgan fingerprint density at radius 2 is 2.04 bits per heavy atom. The van der Waals surface area contributed by atoms with Crippen molar-refractivity contribution in [3.8, 4) is 17.2 Å². The zero-order valence-corrected chi connectivity index (χ0v) is 14.1. The van der Waals surface area contributed by atoms with Crippen molar-refractivity contribution in [2.45, 2.75) is 20.1 Å². The van der Waals surface area contributed by atoms with E-state index < -0.39 is 6.61 Å². The summed E-state index contributed by atoms with van der Waals surface area (Å²) in [6, 6.07) is 4.99. The molecule has 26 heavy (non-hydrogen) atoms. The summed E-state index contributed by atoms with van der Waals surface area (Å²) in [5, 5.41) is 4.36. The van der Waals surface area contributed by atoms with Crippen LogP contribution in [0.2, 0.25) is 0 Å². The zero-order valence-electron chi connectivity index (χ0n) is 14.1. The molecule has 1 aliphatic heterocycles. The fourth-order valence-corrected chi connectivity index (χ4v) is 2.95. The molecule has 4 rings (SSSR count). The van der Waals surface area contributed by atoms with Crippen LogP contribution in [0.15, 0.2) is 30.6 Å². The Bertz CT molecular complexity index is 961. The third kappa shape index (κ3) is 2.96. The predicted octanol–water partition coefficient (Wildman–Crippen LogP) is 3.00. The summed E-state index contributed by atoms with van der Waals surface area (Å²) in [4.78, 5) is 6.24. The average molecular weight is 362 g/mol. The standard InChI is InChI=1S/C17H16F2N4O3/c1-10-5-12-16(20-3-4-23(12)21-10)22(2)8-11-6-14-15(25-9-24-14)7-13(11)26-17(18)19/h3-7,17H,8-9H2,1-2H3. The molecule has 0 saturated heterocycles. The summed E-state index contributed by atoms with van der Waals surface area (Å²) in [5.74, 6) is 1.61. The van der Waals surface area contributed by atoms with Crippen molar-refractivity contribution in [1.82, 2.24) is 14.6 Å². The summed E-state index contributed by atoms with van der Waals surface area (Å²) < 4.78 is 42.6. The summed E-state index contributed by atoms with van der Waals surface area (Å²) in [6.07, 6.45) is 3.40. The van der Waals surface area contributed by atoms with Crippen LogP contribution >= 0.6 is 0 Å². The molecule has 0 aliphatic carbocycles. The number of fused-ring (bicyclic) bond motifs is 2. The topological polar surface area (TPSA) is 61.1 Å². The number of benzene rings is 1.